The Balaban J connectivity index is 2.50. The van der Waals surface area contributed by atoms with Gasteiger partial charge < -0.3 is 15.3 Å². The number of sulfonamides is 1. The number of nitrogens with one attached hydrogen (secondary N) is 1. The van der Waals surface area contributed by atoms with Gasteiger partial charge in [0.2, 0.25) is 10.0 Å². The van der Waals surface area contributed by atoms with Gasteiger partial charge in [0.05, 0.1) is 11.9 Å². The Morgan fingerprint density at radius 3 is 2.11 bits per heavy atom. The van der Waals surface area contributed by atoms with Gasteiger partial charge >= 0.3 is 0 Å². The normalized spacial score (nSPS) is 11.7. The molecule has 0 radical (unpaired) electrons. The van der Waals surface area contributed by atoms with Crippen LogP contribution in [0, 0.1) is 20.8 Å². The van der Waals surface area contributed by atoms with Crippen LogP contribution in [0.4, 0.5) is 5.69 Å². The molecule has 0 aliphatic heterocycles. The molecular formula is C20H21NO5S. The summed E-state index contributed by atoms with van der Waals surface area (Å²) in [6.07, 6.45) is 1.05. The Bertz CT molecular complexity index is 1180. The zero-order valence-corrected chi connectivity index (χ0v) is 16.3. The molecule has 0 fully saturated rings. The minimum absolute atomic E-state index is 0.0740. The molecule has 0 aromatic heterocycles. The molecule has 0 saturated heterocycles. The first-order valence-corrected chi connectivity index (χ1v) is 10.2. The summed E-state index contributed by atoms with van der Waals surface area (Å²) in [7, 11) is -3.56. The first-order valence-electron chi connectivity index (χ1n) is 8.27. The van der Waals surface area contributed by atoms with E-state index in [1.165, 1.54) is 6.07 Å². The summed E-state index contributed by atoms with van der Waals surface area (Å²) < 4.78 is 26.1. The van der Waals surface area contributed by atoms with Gasteiger partial charge in [0.1, 0.15) is 5.75 Å². The average Bonchev–Trinajstić information content (AvgIpc) is 2.59. The van der Waals surface area contributed by atoms with Crippen LogP contribution in [-0.4, -0.2) is 30.0 Å². The van der Waals surface area contributed by atoms with Crippen LogP contribution >= 0.6 is 0 Å². The van der Waals surface area contributed by atoms with Gasteiger partial charge in [-0.15, -0.1) is 0 Å². The van der Waals surface area contributed by atoms with Crippen LogP contribution < -0.4 is 4.72 Å². The first-order chi connectivity index (χ1) is 12.5. The summed E-state index contributed by atoms with van der Waals surface area (Å²) in [6, 6.07) is 8.57. The maximum Gasteiger partial charge on any atom is 0.229 e. The number of aromatic hydroxyl groups is 3. The third-order valence-corrected chi connectivity index (χ3v) is 5.39. The molecule has 7 heteroatoms. The fourth-order valence-corrected chi connectivity index (χ4v) is 4.03. The Morgan fingerprint density at radius 1 is 0.852 bits per heavy atom. The molecule has 4 N–H and O–H groups in total. The van der Waals surface area contributed by atoms with E-state index in [0.29, 0.717) is 33.2 Å². The van der Waals surface area contributed by atoms with Gasteiger partial charge in [-0.05, 0) is 54.3 Å². The van der Waals surface area contributed by atoms with E-state index in [-0.39, 0.29) is 28.4 Å². The number of phenols is 3. The topological polar surface area (TPSA) is 107 Å². The number of phenolic OH excluding ortho intramolecular Hbond substituents is 3. The minimum Gasteiger partial charge on any atom is -0.507 e. The zero-order valence-electron chi connectivity index (χ0n) is 15.5. The minimum atomic E-state index is -3.56. The van der Waals surface area contributed by atoms with Crippen LogP contribution in [0.5, 0.6) is 17.2 Å². The lowest BCUT2D eigenvalue weighted by Gasteiger charge is -2.21. The van der Waals surface area contributed by atoms with Crippen molar-refractivity contribution in [2.24, 2.45) is 0 Å². The predicted molar refractivity (Wildman–Crippen MR) is 107 cm³/mol. The third-order valence-electron chi connectivity index (χ3n) is 4.82. The van der Waals surface area contributed by atoms with Crippen LogP contribution in [0.25, 0.3) is 21.9 Å². The molecule has 3 aromatic carbocycles. The van der Waals surface area contributed by atoms with Crippen molar-refractivity contribution in [1.82, 2.24) is 0 Å². The SMILES string of the molecule is Cc1c(C)c(NS(C)(=O)=O)c(C)c(-c2c(O)c(O)cc3ccccc23)c1O. The van der Waals surface area contributed by atoms with Gasteiger partial charge in [-0.3, -0.25) is 4.72 Å². The smallest absolute Gasteiger partial charge is 0.229 e. The molecule has 0 spiro atoms. The van der Waals surface area contributed by atoms with E-state index < -0.39 is 10.0 Å². The first kappa shape index (κ1) is 18.8. The molecule has 0 aliphatic carbocycles. The van der Waals surface area contributed by atoms with Crippen LogP contribution in [0.2, 0.25) is 0 Å². The molecule has 142 valence electrons. The van der Waals surface area contributed by atoms with Gasteiger partial charge in [-0.2, -0.15) is 0 Å². The van der Waals surface area contributed by atoms with Gasteiger partial charge in [0.25, 0.3) is 0 Å². The highest BCUT2D eigenvalue weighted by molar-refractivity contribution is 7.92. The van der Waals surface area contributed by atoms with E-state index in [1.807, 2.05) is 0 Å². The van der Waals surface area contributed by atoms with Gasteiger partial charge in [-0.1, -0.05) is 24.3 Å². The van der Waals surface area contributed by atoms with Crippen molar-refractivity contribution in [3.63, 3.8) is 0 Å². The van der Waals surface area contributed by atoms with Crippen molar-refractivity contribution in [3.05, 3.63) is 47.0 Å². The number of rotatable bonds is 3. The van der Waals surface area contributed by atoms with E-state index in [9.17, 15) is 23.7 Å². The van der Waals surface area contributed by atoms with Gasteiger partial charge in [-0.25, -0.2) is 8.42 Å². The highest BCUT2D eigenvalue weighted by Crippen LogP contribution is 2.50. The number of hydrogen-bond donors (Lipinski definition) is 4. The van der Waals surface area contributed by atoms with Crippen LogP contribution in [-0.2, 0) is 10.0 Å². The Kier molecular flexibility index (Phi) is 4.43. The van der Waals surface area contributed by atoms with E-state index in [0.717, 1.165) is 6.26 Å². The van der Waals surface area contributed by atoms with Crippen molar-refractivity contribution in [1.29, 1.82) is 0 Å². The van der Waals surface area contributed by atoms with E-state index in [1.54, 1.807) is 45.0 Å². The van der Waals surface area contributed by atoms with Crippen molar-refractivity contribution < 1.29 is 23.7 Å². The van der Waals surface area contributed by atoms with Crippen LogP contribution in [0.3, 0.4) is 0 Å². The van der Waals surface area contributed by atoms with Crippen LogP contribution in [0.1, 0.15) is 16.7 Å². The number of anilines is 1. The average molecular weight is 387 g/mol. The Labute approximate surface area is 157 Å². The molecule has 0 bridgehead atoms. The molecular weight excluding hydrogens is 366 g/mol. The molecule has 0 unspecified atom stereocenters. The Hall–Kier alpha value is -2.93. The third kappa shape index (κ3) is 3.14. The fraction of sp³-hybridized carbons (Fsp3) is 0.200. The quantitative estimate of drug-likeness (QED) is 0.402. The monoisotopic (exact) mass is 387 g/mol. The molecule has 0 amide bonds. The molecule has 3 rings (SSSR count). The van der Waals surface area contributed by atoms with Crippen molar-refractivity contribution >= 4 is 26.5 Å². The lowest BCUT2D eigenvalue weighted by molar-refractivity contribution is 0.405. The number of hydrogen-bond acceptors (Lipinski definition) is 5. The van der Waals surface area contributed by atoms with E-state index >= 15 is 0 Å². The second-order valence-corrected chi connectivity index (χ2v) is 8.44. The maximum atomic E-state index is 11.8. The highest BCUT2D eigenvalue weighted by atomic mass is 32.2. The summed E-state index contributed by atoms with van der Waals surface area (Å²) in [4.78, 5) is 0. The van der Waals surface area contributed by atoms with Gasteiger partial charge in [0, 0.05) is 11.1 Å². The molecule has 0 saturated carbocycles. The zero-order chi connectivity index (χ0) is 20.1. The largest absolute Gasteiger partial charge is 0.507 e. The summed E-state index contributed by atoms with van der Waals surface area (Å²) in [6.45, 7) is 5.04. The predicted octanol–water partition coefficient (Wildman–Crippen LogP) is 3.92. The number of benzene rings is 3. The highest BCUT2D eigenvalue weighted by Gasteiger charge is 2.24. The molecule has 0 aliphatic rings. The van der Waals surface area contributed by atoms with Crippen molar-refractivity contribution in [2.75, 3.05) is 11.0 Å². The molecule has 0 heterocycles. The van der Waals surface area contributed by atoms with Crippen molar-refractivity contribution in [3.8, 4) is 28.4 Å². The molecule has 3 aromatic rings. The second-order valence-electron chi connectivity index (χ2n) is 6.69. The van der Waals surface area contributed by atoms with Gasteiger partial charge in [0.15, 0.2) is 11.5 Å². The fourth-order valence-electron chi connectivity index (χ4n) is 3.36. The molecule has 0 atom stereocenters. The van der Waals surface area contributed by atoms with E-state index in [2.05, 4.69) is 4.72 Å². The number of fused-ring (bicyclic) bond motifs is 1. The lowest BCUT2D eigenvalue weighted by Crippen LogP contribution is -2.13. The summed E-state index contributed by atoms with van der Waals surface area (Å²) >= 11 is 0. The summed E-state index contributed by atoms with van der Waals surface area (Å²) in [5.41, 5.74) is 2.38. The Morgan fingerprint density at radius 2 is 1.48 bits per heavy atom. The molecule has 6 nitrogen and oxygen atoms in total. The summed E-state index contributed by atoms with van der Waals surface area (Å²) in [5.74, 6) is -0.769. The standard InChI is InChI=1S/C20H21NO5S/c1-10-11(2)19(23)16(12(3)18(10)21-27(4,25)26)17-14-8-6-5-7-13(14)9-15(22)20(17)24/h5-9,21-24H,1-4H3. The van der Waals surface area contributed by atoms with E-state index in [4.69, 9.17) is 0 Å². The molecule has 27 heavy (non-hydrogen) atoms. The summed E-state index contributed by atoms with van der Waals surface area (Å²) in [5, 5.41) is 32.9. The lowest BCUT2D eigenvalue weighted by atomic mass is 9.88. The maximum absolute atomic E-state index is 11.8. The van der Waals surface area contributed by atoms with Crippen LogP contribution in [0.15, 0.2) is 30.3 Å². The second kappa shape index (κ2) is 6.35. The van der Waals surface area contributed by atoms with Crippen molar-refractivity contribution in [2.45, 2.75) is 20.8 Å².